The Morgan fingerprint density at radius 2 is 1.42 bits per heavy atom. The molecule has 0 amide bonds. The third-order valence-corrected chi connectivity index (χ3v) is 7.28. The molecule has 4 aromatic carbocycles. The fourth-order valence-corrected chi connectivity index (χ4v) is 5.95. The zero-order valence-corrected chi connectivity index (χ0v) is 16.9. The molecular weight excluding hydrogens is 376 g/mol. The van der Waals surface area contributed by atoms with Crippen LogP contribution in [0.1, 0.15) is 22.3 Å². The Morgan fingerprint density at radius 3 is 2.32 bits per heavy atom. The van der Waals surface area contributed by atoms with Gasteiger partial charge in [0, 0.05) is 23.2 Å². The molecule has 0 fully saturated rings. The molecule has 2 nitrogen and oxygen atoms in total. The van der Waals surface area contributed by atoms with Gasteiger partial charge in [-0.15, -0.1) is 0 Å². The number of rotatable bonds is 0. The molecular formula is C29H18N2. The van der Waals surface area contributed by atoms with Crippen molar-refractivity contribution in [3.63, 3.8) is 0 Å². The first kappa shape index (κ1) is 15.9. The Hall–Kier alpha value is -3.91. The molecule has 0 atom stereocenters. The van der Waals surface area contributed by atoms with Crippen molar-refractivity contribution in [3.8, 4) is 22.3 Å². The topological polar surface area (TPSA) is 17.3 Å². The minimum atomic E-state index is 1.01. The first-order chi connectivity index (χ1) is 15.4. The van der Waals surface area contributed by atoms with Gasteiger partial charge in [-0.2, -0.15) is 0 Å². The molecule has 0 N–H and O–H groups in total. The van der Waals surface area contributed by atoms with Gasteiger partial charge in [-0.3, -0.25) is 4.40 Å². The molecule has 0 radical (unpaired) electrons. The van der Waals surface area contributed by atoms with Crippen LogP contribution in [0.25, 0.3) is 49.6 Å². The van der Waals surface area contributed by atoms with Gasteiger partial charge in [-0.1, -0.05) is 60.7 Å². The normalized spacial score (nSPS) is 13.5. The van der Waals surface area contributed by atoms with E-state index in [0.717, 1.165) is 18.5 Å². The van der Waals surface area contributed by atoms with Crippen LogP contribution in [0.4, 0.5) is 0 Å². The van der Waals surface area contributed by atoms with Crippen molar-refractivity contribution in [2.24, 2.45) is 0 Å². The van der Waals surface area contributed by atoms with Gasteiger partial charge in [-0.25, -0.2) is 4.98 Å². The van der Waals surface area contributed by atoms with Gasteiger partial charge < -0.3 is 0 Å². The predicted molar refractivity (Wildman–Crippen MR) is 127 cm³/mol. The zero-order chi connectivity index (χ0) is 20.1. The smallest absolute Gasteiger partial charge is 0.145 e. The fourth-order valence-electron chi connectivity index (χ4n) is 5.95. The summed E-state index contributed by atoms with van der Waals surface area (Å²) in [4.78, 5) is 4.85. The van der Waals surface area contributed by atoms with Crippen LogP contribution in [0.2, 0.25) is 0 Å². The van der Waals surface area contributed by atoms with Crippen LogP contribution in [0, 0.1) is 0 Å². The SMILES string of the molecule is c1ccc2c(c1)Cc1cc3c4ccc5c(c4c4nccn4c3cc1-2)-c1ccccc1C5. The maximum atomic E-state index is 4.85. The van der Waals surface area contributed by atoms with Crippen molar-refractivity contribution in [2.45, 2.75) is 12.8 Å². The molecule has 2 aliphatic rings. The lowest BCUT2D eigenvalue weighted by atomic mass is 9.94. The first-order valence-electron chi connectivity index (χ1n) is 10.9. The molecule has 2 heterocycles. The summed E-state index contributed by atoms with van der Waals surface area (Å²) >= 11 is 0. The number of pyridine rings is 1. The number of hydrogen-bond donors (Lipinski definition) is 0. The highest BCUT2D eigenvalue weighted by atomic mass is 15.0. The minimum Gasteiger partial charge on any atom is -0.299 e. The maximum absolute atomic E-state index is 4.85. The van der Waals surface area contributed by atoms with E-state index in [4.69, 9.17) is 4.98 Å². The second-order valence-corrected chi connectivity index (χ2v) is 8.84. The third kappa shape index (κ3) is 1.91. The maximum Gasteiger partial charge on any atom is 0.145 e. The highest BCUT2D eigenvalue weighted by Crippen LogP contribution is 2.46. The van der Waals surface area contributed by atoms with Gasteiger partial charge in [0.05, 0.1) is 5.52 Å². The molecule has 2 heteroatoms. The standard InChI is InChI=1S/C29H18N2/c1-3-7-21-17(5-1)14-20-15-25-23-10-9-19-13-18-6-2-4-8-22(18)27(19)28(23)29-30-11-12-31(29)26(25)16-24(20)21/h1-12,15-16H,13-14H2. The van der Waals surface area contributed by atoms with Crippen LogP contribution >= 0.6 is 0 Å². The van der Waals surface area contributed by atoms with Crippen molar-refractivity contribution in [1.82, 2.24) is 9.38 Å². The summed E-state index contributed by atoms with van der Waals surface area (Å²) in [6.07, 6.45) is 6.07. The van der Waals surface area contributed by atoms with E-state index in [2.05, 4.69) is 83.4 Å². The summed E-state index contributed by atoms with van der Waals surface area (Å²) in [6.45, 7) is 0. The number of aromatic nitrogens is 2. The van der Waals surface area contributed by atoms with E-state index in [-0.39, 0.29) is 0 Å². The average Bonchev–Trinajstić information content (AvgIpc) is 3.52. The van der Waals surface area contributed by atoms with Gasteiger partial charge in [0.25, 0.3) is 0 Å². The first-order valence-corrected chi connectivity index (χ1v) is 10.9. The summed E-state index contributed by atoms with van der Waals surface area (Å²) in [5.74, 6) is 0. The monoisotopic (exact) mass is 394 g/mol. The lowest BCUT2D eigenvalue weighted by Gasteiger charge is -2.14. The number of nitrogens with zero attached hydrogens (tertiary/aromatic N) is 2. The van der Waals surface area contributed by atoms with Crippen LogP contribution in [-0.4, -0.2) is 9.38 Å². The highest BCUT2D eigenvalue weighted by Gasteiger charge is 2.25. The summed E-state index contributed by atoms with van der Waals surface area (Å²) in [7, 11) is 0. The summed E-state index contributed by atoms with van der Waals surface area (Å²) < 4.78 is 2.29. The van der Waals surface area contributed by atoms with E-state index < -0.39 is 0 Å². The number of fused-ring (bicyclic) bond motifs is 13. The molecule has 0 saturated carbocycles. The van der Waals surface area contributed by atoms with Gasteiger partial charge in [-0.05, 0) is 74.9 Å². The summed E-state index contributed by atoms with van der Waals surface area (Å²) in [5.41, 5.74) is 13.4. The molecule has 2 aliphatic carbocycles. The van der Waals surface area contributed by atoms with E-state index in [9.17, 15) is 0 Å². The van der Waals surface area contributed by atoms with Crippen LogP contribution in [0.15, 0.2) is 85.2 Å². The Balaban J connectivity index is 1.56. The Bertz CT molecular complexity index is 1740. The number of hydrogen-bond acceptors (Lipinski definition) is 1. The Kier molecular flexibility index (Phi) is 2.77. The molecule has 0 bridgehead atoms. The van der Waals surface area contributed by atoms with Crippen molar-refractivity contribution in [3.05, 3.63) is 107 Å². The Labute approximate surface area is 179 Å². The quantitative estimate of drug-likeness (QED) is 0.259. The van der Waals surface area contributed by atoms with Crippen molar-refractivity contribution in [2.75, 3.05) is 0 Å². The van der Waals surface area contributed by atoms with E-state index >= 15 is 0 Å². The van der Waals surface area contributed by atoms with E-state index in [1.54, 1.807) is 0 Å². The predicted octanol–water partition coefficient (Wildman–Crippen LogP) is 6.78. The van der Waals surface area contributed by atoms with E-state index in [0.29, 0.717) is 0 Å². The van der Waals surface area contributed by atoms with Crippen LogP contribution in [-0.2, 0) is 12.8 Å². The van der Waals surface area contributed by atoms with Crippen molar-refractivity contribution < 1.29 is 0 Å². The van der Waals surface area contributed by atoms with Gasteiger partial charge >= 0.3 is 0 Å². The van der Waals surface area contributed by atoms with Crippen LogP contribution < -0.4 is 0 Å². The second-order valence-electron chi connectivity index (χ2n) is 8.84. The lowest BCUT2D eigenvalue weighted by molar-refractivity contribution is 1.25. The second kappa shape index (κ2) is 5.41. The minimum absolute atomic E-state index is 1.01. The van der Waals surface area contributed by atoms with E-state index in [1.807, 2.05) is 6.20 Å². The van der Waals surface area contributed by atoms with Crippen molar-refractivity contribution in [1.29, 1.82) is 0 Å². The van der Waals surface area contributed by atoms with Gasteiger partial charge in [0.2, 0.25) is 0 Å². The Morgan fingerprint density at radius 1 is 0.645 bits per heavy atom. The zero-order valence-electron chi connectivity index (χ0n) is 16.9. The molecule has 8 rings (SSSR count). The van der Waals surface area contributed by atoms with Crippen LogP contribution in [0.3, 0.4) is 0 Å². The number of imidazole rings is 1. The van der Waals surface area contributed by atoms with Crippen LogP contribution in [0.5, 0.6) is 0 Å². The summed E-state index contributed by atoms with van der Waals surface area (Å²) in [5, 5.41) is 3.91. The average molecular weight is 394 g/mol. The molecule has 0 aliphatic heterocycles. The lowest BCUT2D eigenvalue weighted by Crippen LogP contribution is -1.95. The molecule has 144 valence electrons. The third-order valence-electron chi connectivity index (χ3n) is 7.28. The number of benzene rings is 4. The molecule has 0 unspecified atom stereocenters. The van der Waals surface area contributed by atoms with E-state index in [1.165, 1.54) is 66.2 Å². The highest BCUT2D eigenvalue weighted by molar-refractivity contribution is 6.19. The van der Waals surface area contributed by atoms with Crippen molar-refractivity contribution >= 4 is 27.3 Å². The molecule has 2 aromatic heterocycles. The fraction of sp³-hybridized carbons (Fsp3) is 0.0690. The van der Waals surface area contributed by atoms with Gasteiger partial charge in [0.1, 0.15) is 5.65 Å². The summed E-state index contributed by atoms with van der Waals surface area (Å²) in [6, 6.07) is 27.1. The molecule has 0 saturated heterocycles. The largest absolute Gasteiger partial charge is 0.299 e. The molecule has 6 aromatic rings. The molecule has 0 spiro atoms. The molecule has 31 heavy (non-hydrogen) atoms. The van der Waals surface area contributed by atoms with Gasteiger partial charge in [0.15, 0.2) is 0 Å².